The molecule has 1 saturated heterocycles. The number of carbonyl (C=O) groups is 1. The number of hydrogen-bond donors (Lipinski definition) is 1. The largest absolute Gasteiger partial charge is 0.493 e. The summed E-state index contributed by atoms with van der Waals surface area (Å²) in [5.74, 6) is 0.541. The van der Waals surface area contributed by atoms with Crippen molar-refractivity contribution in [3.63, 3.8) is 0 Å². The van der Waals surface area contributed by atoms with E-state index in [0.29, 0.717) is 31.0 Å². The van der Waals surface area contributed by atoms with Crippen LogP contribution in [0.4, 0.5) is 0 Å². The Morgan fingerprint density at radius 3 is 3.05 bits per heavy atom. The highest BCUT2D eigenvalue weighted by atomic mass is 16.5. The van der Waals surface area contributed by atoms with Gasteiger partial charge in [-0.25, -0.2) is 0 Å². The van der Waals surface area contributed by atoms with E-state index in [1.54, 1.807) is 18.0 Å². The fraction of sp³-hybridized carbons (Fsp3) is 0.692. The molecule has 6 heteroatoms. The van der Waals surface area contributed by atoms with Gasteiger partial charge < -0.3 is 14.8 Å². The number of aromatic nitrogens is 2. The van der Waals surface area contributed by atoms with Crippen LogP contribution in [-0.2, 0) is 4.74 Å². The Balaban J connectivity index is 2.14. The molecule has 1 atom stereocenters. The van der Waals surface area contributed by atoms with E-state index in [-0.39, 0.29) is 17.9 Å². The molecular weight excluding hydrogens is 246 g/mol. The second-order valence-corrected chi connectivity index (χ2v) is 4.92. The monoisotopic (exact) mass is 267 g/mol. The van der Waals surface area contributed by atoms with E-state index in [1.165, 1.54) is 0 Å². The Kier molecular flexibility index (Phi) is 4.55. The number of nitrogens with one attached hydrogen (secondary N) is 1. The first-order valence-corrected chi connectivity index (χ1v) is 6.60. The van der Waals surface area contributed by atoms with Gasteiger partial charge in [-0.05, 0) is 13.8 Å². The number of carbonyl (C=O) groups excluding carboxylic acids is 1. The standard InChI is InChI=1S/C13H21N3O3/c1-9(2)16-13(12(18-3)8-15-16)11(17)6-10-7-14-4-5-19-10/h8-10,14H,4-7H2,1-3H3. The third kappa shape index (κ3) is 3.13. The predicted octanol–water partition coefficient (Wildman–Crippen LogP) is 1.03. The summed E-state index contributed by atoms with van der Waals surface area (Å²) in [5, 5.41) is 7.44. The fourth-order valence-electron chi connectivity index (χ4n) is 2.21. The molecule has 2 rings (SSSR count). The van der Waals surface area contributed by atoms with Crippen molar-refractivity contribution in [1.82, 2.24) is 15.1 Å². The zero-order valence-electron chi connectivity index (χ0n) is 11.7. The van der Waals surface area contributed by atoms with Gasteiger partial charge in [0.25, 0.3) is 0 Å². The van der Waals surface area contributed by atoms with Gasteiger partial charge in [0.2, 0.25) is 0 Å². The average molecular weight is 267 g/mol. The van der Waals surface area contributed by atoms with E-state index in [1.807, 2.05) is 13.8 Å². The maximum atomic E-state index is 12.4. The minimum atomic E-state index is -0.0681. The van der Waals surface area contributed by atoms with Gasteiger partial charge in [0, 0.05) is 25.6 Å². The summed E-state index contributed by atoms with van der Waals surface area (Å²) in [7, 11) is 1.55. The average Bonchev–Trinajstić information content (AvgIpc) is 2.83. The van der Waals surface area contributed by atoms with E-state index in [0.717, 1.165) is 6.54 Å². The van der Waals surface area contributed by atoms with Crippen LogP contribution in [0.2, 0.25) is 0 Å². The summed E-state index contributed by atoms with van der Waals surface area (Å²) in [6, 6.07) is 0.119. The Hall–Kier alpha value is -1.40. The van der Waals surface area contributed by atoms with Crippen molar-refractivity contribution in [1.29, 1.82) is 0 Å². The van der Waals surface area contributed by atoms with Gasteiger partial charge in [0.1, 0.15) is 5.69 Å². The molecule has 1 unspecified atom stereocenters. The van der Waals surface area contributed by atoms with E-state index >= 15 is 0 Å². The van der Waals surface area contributed by atoms with E-state index in [2.05, 4.69) is 10.4 Å². The molecule has 6 nitrogen and oxygen atoms in total. The van der Waals surface area contributed by atoms with Gasteiger partial charge in [0.15, 0.2) is 11.5 Å². The third-order valence-corrected chi connectivity index (χ3v) is 3.15. The van der Waals surface area contributed by atoms with Crippen LogP contribution in [0.5, 0.6) is 5.75 Å². The first kappa shape index (κ1) is 14.0. The van der Waals surface area contributed by atoms with Crippen molar-refractivity contribution in [3.05, 3.63) is 11.9 Å². The molecule has 0 saturated carbocycles. The predicted molar refractivity (Wildman–Crippen MR) is 70.7 cm³/mol. The highest BCUT2D eigenvalue weighted by Crippen LogP contribution is 2.23. The summed E-state index contributed by atoms with van der Waals surface area (Å²) < 4.78 is 12.5. The van der Waals surface area contributed by atoms with Crippen molar-refractivity contribution in [2.75, 3.05) is 26.8 Å². The molecule has 0 aliphatic carbocycles. The quantitative estimate of drug-likeness (QED) is 0.807. The zero-order valence-corrected chi connectivity index (χ0v) is 11.7. The van der Waals surface area contributed by atoms with Crippen molar-refractivity contribution < 1.29 is 14.3 Å². The molecule has 0 amide bonds. The van der Waals surface area contributed by atoms with Crippen LogP contribution < -0.4 is 10.1 Å². The summed E-state index contributed by atoms with van der Waals surface area (Å²) in [4.78, 5) is 12.4. The second kappa shape index (κ2) is 6.16. The van der Waals surface area contributed by atoms with Crippen LogP contribution >= 0.6 is 0 Å². The van der Waals surface area contributed by atoms with Gasteiger partial charge >= 0.3 is 0 Å². The fourth-order valence-corrected chi connectivity index (χ4v) is 2.21. The Morgan fingerprint density at radius 2 is 2.47 bits per heavy atom. The normalized spacial score (nSPS) is 19.7. The van der Waals surface area contributed by atoms with Crippen molar-refractivity contribution in [2.45, 2.75) is 32.4 Å². The minimum Gasteiger partial charge on any atom is -0.493 e. The summed E-state index contributed by atoms with van der Waals surface area (Å²) in [6.07, 6.45) is 1.87. The lowest BCUT2D eigenvalue weighted by Crippen LogP contribution is -2.39. The molecular formula is C13H21N3O3. The van der Waals surface area contributed by atoms with Gasteiger partial charge in [0.05, 0.1) is 26.0 Å². The van der Waals surface area contributed by atoms with Gasteiger partial charge in [-0.15, -0.1) is 0 Å². The van der Waals surface area contributed by atoms with Crippen molar-refractivity contribution >= 4 is 5.78 Å². The van der Waals surface area contributed by atoms with Crippen LogP contribution in [-0.4, -0.2) is 48.5 Å². The number of morpholine rings is 1. The van der Waals surface area contributed by atoms with Crippen LogP contribution in [0.1, 0.15) is 36.8 Å². The Morgan fingerprint density at radius 1 is 1.68 bits per heavy atom. The molecule has 0 spiro atoms. The van der Waals surface area contributed by atoms with Crippen LogP contribution in [0.3, 0.4) is 0 Å². The molecule has 1 aromatic heterocycles. The van der Waals surface area contributed by atoms with Crippen LogP contribution in [0.25, 0.3) is 0 Å². The number of ether oxygens (including phenoxy) is 2. The highest BCUT2D eigenvalue weighted by Gasteiger charge is 2.25. The molecule has 1 aromatic rings. The molecule has 1 aliphatic heterocycles. The number of Topliss-reactive ketones (excluding diaryl/α,β-unsaturated/α-hetero) is 1. The molecule has 19 heavy (non-hydrogen) atoms. The Bertz CT molecular complexity index is 436. The number of ketones is 1. The minimum absolute atomic E-state index is 0.0109. The topological polar surface area (TPSA) is 65.4 Å². The second-order valence-electron chi connectivity index (χ2n) is 4.92. The first-order chi connectivity index (χ1) is 9.13. The molecule has 0 bridgehead atoms. The van der Waals surface area contributed by atoms with Crippen LogP contribution in [0, 0.1) is 0 Å². The molecule has 1 N–H and O–H groups in total. The molecule has 0 aromatic carbocycles. The summed E-state index contributed by atoms with van der Waals surface area (Å²) in [6.45, 7) is 6.18. The lowest BCUT2D eigenvalue weighted by atomic mass is 10.1. The maximum absolute atomic E-state index is 12.4. The number of nitrogens with zero attached hydrogens (tertiary/aromatic N) is 2. The smallest absolute Gasteiger partial charge is 0.187 e. The first-order valence-electron chi connectivity index (χ1n) is 6.60. The van der Waals surface area contributed by atoms with Gasteiger partial charge in [-0.2, -0.15) is 5.10 Å². The zero-order chi connectivity index (χ0) is 13.8. The number of methoxy groups -OCH3 is 1. The molecule has 106 valence electrons. The van der Waals surface area contributed by atoms with Crippen molar-refractivity contribution in [2.24, 2.45) is 0 Å². The molecule has 1 aliphatic rings. The summed E-state index contributed by atoms with van der Waals surface area (Å²) in [5.41, 5.74) is 0.534. The van der Waals surface area contributed by atoms with Gasteiger partial charge in [-0.3, -0.25) is 9.48 Å². The summed E-state index contributed by atoms with van der Waals surface area (Å²) >= 11 is 0. The van der Waals surface area contributed by atoms with E-state index < -0.39 is 0 Å². The molecule has 0 radical (unpaired) electrons. The Labute approximate surface area is 113 Å². The lowest BCUT2D eigenvalue weighted by molar-refractivity contribution is 0.0236. The SMILES string of the molecule is COc1cnn(C(C)C)c1C(=O)CC1CNCCO1. The third-order valence-electron chi connectivity index (χ3n) is 3.15. The molecule has 2 heterocycles. The maximum Gasteiger partial charge on any atom is 0.187 e. The van der Waals surface area contributed by atoms with Crippen LogP contribution in [0.15, 0.2) is 6.20 Å². The van der Waals surface area contributed by atoms with Crippen molar-refractivity contribution in [3.8, 4) is 5.75 Å². The lowest BCUT2D eigenvalue weighted by Gasteiger charge is -2.23. The number of hydrogen-bond acceptors (Lipinski definition) is 5. The number of rotatable bonds is 5. The highest BCUT2D eigenvalue weighted by molar-refractivity contribution is 5.97. The van der Waals surface area contributed by atoms with E-state index in [9.17, 15) is 4.79 Å². The van der Waals surface area contributed by atoms with E-state index in [4.69, 9.17) is 9.47 Å². The van der Waals surface area contributed by atoms with Gasteiger partial charge in [-0.1, -0.05) is 0 Å². The molecule has 1 fully saturated rings.